The van der Waals surface area contributed by atoms with Crippen LogP contribution in [0.2, 0.25) is 0 Å². The first kappa shape index (κ1) is 24.4. The third kappa shape index (κ3) is 4.42. The van der Waals surface area contributed by atoms with E-state index in [1.54, 1.807) is 0 Å². The van der Waals surface area contributed by atoms with Gasteiger partial charge in [-0.05, 0) is 44.5 Å². The molecule has 0 radical (unpaired) electrons. The van der Waals surface area contributed by atoms with Crippen molar-refractivity contribution >= 4 is 18.2 Å². The smallest absolute Gasteiger partial charge is 0.419 e. The number of benzene rings is 4. The lowest BCUT2D eigenvalue weighted by molar-refractivity contribution is -0.137. The summed E-state index contributed by atoms with van der Waals surface area (Å²) in [5, 5.41) is 9.40. The van der Waals surface area contributed by atoms with Crippen molar-refractivity contribution in [1.29, 1.82) is 0 Å². The molecule has 2 aliphatic carbocycles. The molecule has 4 aromatic rings. The number of amides is 2. The summed E-state index contributed by atoms with van der Waals surface area (Å²) in [7, 11) is 0. The van der Waals surface area contributed by atoms with Crippen LogP contribution in [0.3, 0.4) is 0 Å². The molecule has 0 atom stereocenters. The molecule has 0 unspecified atom stereocenters. The van der Waals surface area contributed by atoms with Crippen molar-refractivity contribution < 1.29 is 29.0 Å². The minimum Gasteiger partial charge on any atom is -0.480 e. The molecule has 39 heavy (non-hydrogen) atoms. The number of ether oxygens (including phenoxy) is 2. The standard InChI is InChI=1S/C32H25NO6/c34-30(35)17-33(31(36)38-18-28-24-13-5-1-9-20(24)21-10-2-6-14-25(21)28)32(37)39-19-29-26-15-7-3-11-22(26)23-12-4-8-16-27(23)29/h1-16,28-29H,17-19H2,(H,34,35). The number of rotatable bonds is 6. The van der Waals surface area contributed by atoms with E-state index in [0.717, 1.165) is 44.5 Å². The minimum absolute atomic E-state index is 0.0420. The highest BCUT2D eigenvalue weighted by molar-refractivity contribution is 5.92. The summed E-state index contributed by atoms with van der Waals surface area (Å²) < 4.78 is 11.1. The summed E-state index contributed by atoms with van der Waals surface area (Å²) in [6.07, 6.45) is -2.12. The van der Waals surface area contributed by atoms with Gasteiger partial charge in [-0.3, -0.25) is 4.79 Å². The number of hydrogen-bond acceptors (Lipinski definition) is 5. The number of aliphatic carboxylic acids is 1. The Balaban J connectivity index is 1.17. The van der Waals surface area contributed by atoms with Crippen molar-refractivity contribution in [1.82, 2.24) is 4.90 Å². The van der Waals surface area contributed by atoms with Gasteiger partial charge in [0.25, 0.3) is 0 Å². The highest BCUT2D eigenvalue weighted by Gasteiger charge is 2.34. The molecule has 0 aliphatic heterocycles. The predicted octanol–water partition coefficient (Wildman–Crippen LogP) is 6.27. The molecule has 2 amide bonds. The summed E-state index contributed by atoms with van der Waals surface area (Å²) in [6.45, 7) is -0.952. The molecule has 0 spiro atoms. The lowest BCUT2D eigenvalue weighted by Gasteiger charge is -2.21. The van der Waals surface area contributed by atoms with Gasteiger partial charge >= 0.3 is 18.2 Å². The Kier molecular flexibility index (Phi) is 6.32. The number of carbonyl (C=O) groups excluding carboxylic acids is 2. The van der Waals surface area contributed by atoms with Crippen LogP contribution >= 0.6 is 0 Å². The fourth-order valence-corrected chi connectivity index (χ4v) is 5.68. The maximum Gasteiger partial charge on any atom is 0.419 e. The van der Waals surface area contributed by atoms with Crippen LogP contribution in [-0.4, -0.2) is 47.9 Å². The van der Waals surface area contributed by atoms with Crippen LogP contribution < -0.4 is 0 Å². The van der Waals surface area contributed by atoms with Crippen LogP contribution in [0.1, 0.15) is 34.1 Å². The molecule has 194 valence electrons. The zero-order valence-corrected chi connectivity index (χ0v) is 20.9. The second kappa shape index (κ2) is 10.1. The van der Waals surface area contributed by atoms with Crippen molar-refractivity contribution in [3.63, 3.8) is 0 Å². The average Bonchev–Trinajstić information content (AvgIpc) is 3.46. The van der Waals surface area contributed by atoms with Gasteiger partial charge in [-0.25, -0.2) is 14.5 Å². The first-order chi connectivity index (χ1) is 19.0. The summed E-state index contributed by atoms with van der Waals surface area (Å²) in [6, 6.07) is 31.5. The molecular formula is C32H25NO6. The van der Waals surface area contributed by atoms with Gasteiger partial charge in [0.15, 0.2) is 0 Å². The quantitative estimate of drug-likeness (QED) is 0.323. The molecule has 7 heteroatoms. The third-order valence-corrected chi connectivity index (χ3v) is 7.41. The van der Waals surface area contributed by atoms with E-state index in [9.17, 15) is 19.5 Å². The molecule has 1 N–H and O–H groups in total. The fraction of sp³-hybridized carbons (Fsp3) is 0.156. The Hall–Kier alpha value is -4.91. The fourth-order valence-electron chi connectivity index (χ4n) is 5.68. The van der Waals surface area contributed by atoms with Crippen molar-refractivity contribution in [3.05, 3.63) is 119 Å². The molecule has 0 saturated heterocycles. The second-order valence-electron chi connectivity index (χ2n) is 9.59. The first-order valence-electron chi connectivity index (χ1n) is 12.7. The monoisotopic (exact) mass is 519 g/mol. The number of nitrogens with zero attached hydrogens (tertiary/aromatic N) is 1. The maximum absolute atomic E-state index is 13.0. The molecule has 0 saturated carbocycles. The zero-order valence-electron chi connectivity index (χ0n) is 20.9. The highest BCUT2D eigenvalue weighted by atomic mass is 16.6. The van der Waals surface area contributed by atoms with E-state index in [2.05, 4.69) is 0 Å². The molecule has 0 fully saturated rings. The van der Waals surface area contributed by atoms with E-state index in [1.807, 2.05) is 97.1 Å². The largest absolute Gasteiger partial charge is 0.480 e. The SMILES string of the molecule is O=C(O)CN(C(=O)OCC1c2ccccc2-c2ccccc21)C(=O)OCC1c2ccccc2-c2ccccc21. The van der Waals surface area contributed by atoms with Gasteiger partial charge in [-0.1, -0.05) is 97.1 Å². The van der Waals surface area contributed by atoms with Crippen LogP contribution in [0.5, 0.6) is 0 Å². The van der Waals surface area contributed by atoms with E-state index in [0.29, 0.717) is 4.90 Å². The van der Waals surface area contributed by atoms with Gasteiger partial charge in [0.05, 0.1) is 0 Å². The summed E-state index contributed by atoms with van der Waals surface area (Å²) in [4.78, 5) is 38.1. The molecule has 0 heterocycles. The molecule has 0 bridgehead atoms. The number of imide groups is 1. The van der Waals surface area contributed by atoms with Crippen LogP contribution in [0.4, 0.5) is 9.59 Å². The summed E-state index contributed by atoms with van der Waals surface area (Å²) in [5.41, 5.74) is 8.30. The van der Waals surface area contributed by atoms with Crippen molar-refractivity contribution in [2.75, 3.05) is 19.8 Å². The molecule has 6 rings (SSSR count). The van der Waals surface area contributed by atoms with E-state index in [1.165, 1.54) is 0 Å². The molecular weight excluding hydrogens is 494 g/mol. The Morgan fingerprint density at radius 3 is 1.18 bits per heavy atom. The number of carboxylic acid groups (broad SMARTS) is 1. The molecule has 4 aromatic carbocycles. The van der Waals surface area contributed by atoms with Crippen LogP contribution in [0, 0.1) is 0 Å². The van der Waals surface area contributed by atoms with Crippen LogP contribution in [0.25, 0.3) is 22.3 Å². The molecule has 7 nitrogen and oxygen atoms in total. The lowest BCUT2D eigenvalue weighted by Crippen LogP contribution is -2.42. The number of carbonyl (C=O) groups is 3. The van der Waals surface area contributed by atoms with Gasteiger partial charge in [-0.2, -0.15) is 0 Å². The lowest BCUT2D eigenvalue weighted by atomic mass is 9.98. The minimum atomic E-state index is -1.35. The normalized spacial score (nSPS) is 13.1. The number of hydrogen-bond donors (Lipinski definition) is 1. The van der Waals surface area contributed by atoms with Crippen molar-refractivity contribution in [2.45, 2.75) is 11.8 Å². The van der Waals surface area contributed by atoms with Gasteiger partial charge in [-0.15, -0.1) is 0 Å². The molecule has 0 aromatic heterocycles. The Labute approximate surface area is 225 Å². The average molecular weight is 520 g/mol. The maximum atomic E-state index is 13.0. The Morgan fingerprint density at radius 2 is 0.872 bits per heavy atom. The number of carboxylic acids is 1. The van der Waals surface area contributed by atoms with Gasteiger partial charge in [0.1, 0.15) is 19.8 Å². The Bertz CT molecular complexity index is 1390. The van der Waals surface area contributed by atoms with E-state index in [4.69, 9.17) is 9.47 Å². The van der Waals surface area contributed by atoms with Gasteiger partial charge < -0.3 is 14.6 Å². The van der Waals surface area contributed by atoms with E-state index in [-0.39, 0.29) is 25.0 Å². The zero-order chi connectivity index (χ0) is 26.9. The highest BCUT2D eigenvalue weighted by Crippen LogP contribution is 2.45. The van der Waals surface area contributed by atoms with Crippen LogP contribution in [0.15, 0.2) is 97.1 Å². The summed E-state index contributed by atoms with van der Waals surface area (Å²) >= 11 is 0. The number of fused-ring (bicyclic) bond motifs is 6. The summed E-state index contributed by atoms with van der Waals surface area (Å²) in [5.74, 6) is -1.80. The van der Waals surface area contributed by atoms with Crippen molar-refractivity contribution in [2.24, 2.45) is 0 Å². The van der Waals surface area contributed by atoms with E-state index >= 15 is 0 Å². The Morgan fingerprint density at radius 1 is 0.564 bits per heavy atom. The topological polar surface area (TPSA) is 93.1 Å². The third-order valence-electron chi connectivity index (χ3n) is 7.41. The van der Waals surface area contributed by atoms with Gasteiger partial charge in [0, 0.05) is 11.8 Å². The van der Waals surface area contributed by atoms with E-state index < -0.39 is 24.7 Å². The second-order valence-corrected chi connectivity index (χ2v) is 9.59. The van der Waals surface area contributed by atoms with Crippen molar-refractivity contribution in [3.8, 4) is 22.3 Å². The predicted molar refractivity (Wildman–Crippen MR) is 144 cm³/mol. The van der Waals surface area contributed by atoms with Gasteiger partial charge in [0.2, 0.25) is 0 Å². The first-order valence-corrected chi connectivity index (χ1v) is 12.7. The van der Waals surface area contributed by atoms with Crippen LogP contribution in [-0.2, 0) is 14.3 Å². The molecule has 2 aliphatic rings.